The first-order valence-corrected chi connectivity index (χ1v) is 6.28. The minimum atomic E-state index is -1.13. The lowest BCUT2D eigenvalue weighted by Gasteiger charge is -2.13. The van der Waals surface area contributed by atoms with Gasteiger partial charge in [-0.2, -0.15) is 5.43 Å². The summed E-state index contributed by atoms with van der Waals surface area (Å²) in [4.78, 5) is 4.27. The number of ether oxygens (including phenoxy) is 1. The van der Waals surface area contributed by atoms with Gasteiger partial charge in [0.1, 0.15) is 5.69 Å². The largest absolute Gasteiger partial charge is 0.355 e. The molecule has 0 radical (unpaired) electrons. The molecule has 0 amide bonds. The Morgan fingerprint density at radius 1 is 1.25 bits per heavy atom. The summed E-state index contributed by atoms with van der Waals surface area (Å²) in [5.74, 6) is 0.265. The summed E-state index contributed by atoms with van der Waals surface area (Å²) >= 11 is 0. The highest BCUT2D eigenvalue weighted by Gasteiger charge is 2.08. The van der Waals surface area contributed by atoms with Crippen molar-refractivity contribution in [1.29, 1.82) is 0 Å². The molecule has 0 saturated carbocycles. The van der Waals surface area contributed by atoms with E-state index in [2.05, 4.69) is 26.0 Å². The summed E-state index contributed by atoms with van der Waals surface area (Å²) < 4.78 is 4.89. The number of aliphatic hydroxyl groups is 1. The van der Waals surface area contributed by atoms with Gasteiger partial charge in [-0.05, 0) is 13.8 Å². The van der Waals surface area contributed by atoms with Gasteiger partial charge >= 0.3 is 0 Å². The van der Waals surface area contributed by atoms with E-state index in [1.54, 1.807) is 6.92 Å². The van der Waals surface area contributed by atoms with Gasteiger partial charge in [0.05, 0.1) is 5.69 Å². The normalized spacial score (nSPS) is 12.2. The van der Waals surface area contributed by atoms with E-state index in [4.69, 9.17) is 4.74 Å². The Kier molecular flexibility index (Phi) is 4.94. The van der Waals surface area contributed by atoms with Crippen molar-refractivity contribution in [2.24, 2.45) is 0 Å². The number of aryl methyl sites for hydroxylation is 1. The fraction of sp³-hybridized carbons (Fsp3) is 0.308. The van der Waals surface area contributed by atoms with E-state index in [1.807, 2.05) is 37.3 Å². The van der Waals surface area contributed by atoms with Crippen LogP contribution in [0.1, 0.15) is 12.6 Å². The molecule has 0 bridgehead atoms. The maximum absolute atomic E-state index is 9.34. The number of rotatable bonds is 6. The van der Waals surface area contributed by atoms with E-state index in [1.165, 1.54) is 0 Å². The molecule has 2 aromatic rings. The molecule has 1 aromatic carbocycles. The van der Waals surface area contributed by atoms with E-state index >= 15 is 0 Å². The lowest BCUT2D eigenvalue weighted by molar-refractivity contribution is -0.111. The highest BCUT2D eigenvalue weighted by atomic mass is 16.6. The molecule has 20 heavy (non-hydrogen) atoms. The smallest absolute Gasteiger partial charge is 0.257 e. The van der Waals surface area contributed by atoms with E-state index in [0.717, 1.165) is 17.0 Å². The lowest BCUT2D eigenvalue weighted by atomic mass is 10.1. The van der Waals surface area contributed by atoms with Crippen molar-refractivity contribution >= 4 is 5.95 Å². The first-order chi connectivity index (χ1) is 9.70. The quantitative estimate of drug-likeness (QED) is 0.536. The molecule has 7 nitrogen and oxygen atoms in total. The van der Waals surface area contributed by atoms with E-state index in [9.17, 15) is 5.11 Å². The lowest BCUT2D eigenvalue weighted by Crippen LogP contribution is -2.36. The Balaban J connectivity index is 2.06. The van der Waals surface area contributed by atoms with Crippen LogP contribution in [0.3, 0.4) is 0 Å². The topological polar surface area (TPSA) is 92.2 Å². The Hall–Kier alpha value is -2.09. The number of hydrazine groups is 1. The second-order valence-corrected chi connectivity index (χ2v) is 4.01. The monoisotopic (exact) mass is 275 g/mol. The number of aliphatic hydroxyl groups excluding tert-OH is 1. The van der Waals surface area contributed by atoms with Crippen molar-refractivity contribution < 1.29 is 9.84 Å². The van der Waals surface area contributed by atoms with Gasteiger partial charge < -0.3 is 9.84 Å². The third-order valence-electron chi connectivity index (χ3n) is 2.54. The van der Waals surface area contributed by atoms with E-state index in [0.29, 0.717) is 6.61 Å². The minimum absolute atomic E-state index is 0.265. The van der Waals surface area contributed by atoms with Gasteiger partial charge in [-0.25, -0.2) is 4.98 Å². The number of aromatic nitrogens is 3. The SMILES string of the molecule is CCOC(O)NNc1nnc(-c2ccccc2)c(C)n1. The highest BCUT2D eigenvalue weighted by molar-refractivity contribution is 5.60. The number of benzene rings is 1. The van der Waals surface area contributed by atoms with Gasteiger partial charge in [-0.3, -0.25) is 5.43 Å². The highest BCUT2D eigenvalue weighted by Crippen LogP contribution is 2.18. The Bertz CT molecular complexity index is 550. The van der Waals surface area contributed by atoms with Crippen molar-refractivity contribution in [1.82, 2.24) is 20.6 Å². The molecule has 1 atom stereocenters. The zero-order valence-corrected chi connectivity index (χ0v) is 11.4. The summed E-state index contributed by atoms with van der Waals surface area (Å²) in [6.45, 7) is 4.02. The maximum atomic E-state index is 9.34. The number of anilines is 1. The van der Waals surface area contributed by atoms with Crippen LogP contribution in [0.2, 0.25) is 0 Å². The zero-order chi connectivity index (χ0) is 14.4. The maximum Gasteiger partial charge on any atom is 0.257 e. The predicted molar refractivity (Wildman–Crippen MR) is 74.4 cm³/mol. The summed E-state index contributed by atoms with van der Waals surface area (Å²) in [6.07, 6.45) is -1.13. The molecular formula is C13H17N5O2. The van der Waals surface area contributed by atoms with Crippen molar-refractivity contribution in [2.45, 2.75) is 20.3 Å². The Labute approximate surface area is 117 Å². The molecule has 106 valence electrons. The molecule has 0 aliphatic rings. The van der Waals surface area contributed by atoms with Crippen LogP contribution in [0.25, 0.3) is 11.3 Å². The van der Waals surface area contributed by atoms with Gasteiger partial charge in [-0.15, -0.1) is 10.2 Å². The van der Waals surface area contributed by atoms with Gasteiger partial charge in [0.15, 0.2) is 0 Å². The second-order valence-electron chi connectivity index (χ2n) is 4.01. The van der Waals surface area contributed by atoms with Crippen molar-refractivity contribution in [3.05, 3.63) is 36.0 Å². The molecule has 0 fully saturated rings. The molecule has 0 aliphatic heterocycles. The molecule has 7 heteroatoms. The van der Waals surface area contributed by atoms with Crippen molar-refractivity contribution in [3.63, 3.8) is 0 Å². The fourth-order valence-corrected chi connectivity index (χ4v) is 1.65. The number of hydrogen-bond donors (Lipinski definition) is 3. The van der Waals surface area contributed by atoms with Crippen LogP contribution in [0.5, 0.6) is 0 Å². The summed E-state index contributed by atoms with van der Waals surface area (Å²) in [5, 5.41) is 17.4. The Morgan fingerprint density at radius 2 is 2.00 bits per heavy atom. The average Bonchev–Trinajstić information content (AvgIpc) is 2.46. The average molecular weight is 275 g/mol. The summed E-state index contributed by atoms with van der Waals surface area (Å²) in [7, 11) is 0. The van der Waals surface area contributed by atoms with Gasteiger partial charge in [0.25, 0.3) is 5.95 Å². The first kappa shape index (κ1) is 14.3. The Morgan fingerprint density at radius 3 is 2.65 bits per heavy atom. The van der Waals surface area contributed by atoms with Crippen LogP contribution in [0.15, 0.2) is 30.3 Å². The molecule has 1 aromatic heterocycles. The summed E-state index contributed by atoms with van der Waals surface area (Å²) in [5.41, 5.74) is 7.56. The van der Waals surface area contributed by atoms with Crippen LogP contribution in [-0.2, 0) is 4.74 Å². The van der Waals surface area contributed by atoms with Crippen molar-refractivity contribution in [3.8, 4) is 11.3 Å². The zero-order valence-electron chi connectivity index (χ0n) is 11.4. The number of nitrogens with zero attached hydrogens (tertiary/aromatic N) is 3. The minimum Gasteiger partial charge on any atom is -0.355 e. The van der Waals surface area contributed by atoms with Crippen LogP contribution in [-0.4, -0.2) is 33.3 Å². The van der Waals surface area contributed by atoms with Gasteiger partial charge in [0, 0.05) is 12.2 Å². The molecule has 1 heterocycles. The molecule has 3 N–H and O–H groups in total. The van der Waals surface area contributed by atoms with Crippen molar-refractivity contribution in [2.75, 3.05) is 12.0 Å². The third kappa shape index (κ3) is 3.70. The van der Waals surface area contributed by atoms with Crippen LogP contribution in [0.4, 0.5) is 5.95 Å². The van der Waals surface area contributed by atoms with Crippen LogP contribution >= 0.6 is 0 Å². The predicted octanol–water partition coefficient (Wildman–Crippen LogP) is 1.08. The second kappa shape index (κ2) is 6.90. The molecule has 0 aliphatic carbocycles. The molecule has 0 spiro atoms. The van der Waals surface area contributed by atoms with E-state index in [-0.39, 0.29) is 5.95 Å². The standard InChI is InChI=1S/C13H17N5O2/c1-3-20-13(19)18-17-12-14-9(2)11(15-16-12)10-7-5-4-6-8-10/h4-8,13,18-19H,3H2,1-2H3,(H,14,16,17). The number of hydrogen-bond acceptors (Lipinski definition) is 7. The third-order valence-corrected chi connectivity index (χ3v) is 2.54. The van der Waals surface area contributed by atoms with Gasteiger partial charge in [-0.1, -0.05) is 30.3 Å². The molecule has 0 saturated heterocycles. The van der Waals surface area contributed by atoms with E-state index < -0.39 is 6.41 Å². The summed E-state index contributed by atoms with van der Waals surface area (Å²) in [6, 6.07) is 9.70. The van der Waals surface area contributed by atoms with Crippen LogP contribution in [0, 0.1) is 6.92 Å². The molecule has 2 rings (SSSR count). The number of nitrogens with one attached hydrogen (secondary N) is 2. The fourth-order valence-electron chi connectivity index (χ4n) is 1.65. The molecular weight excluding hydrogens is 258 g/mol. The van der Waals surface area contributed by atoms with Crippen LogP contribution < -0.4 is 10.9 Å². The van der Waals surface area contributed by atoms with Gasteiger partial charge in [0.2, 0.25) is 6.41 Å². The molecule has 1 unspecified atom stereocenters. The first-order valence-electron chi connectivity index (χ1n) is 6.28.